The molecular formula is C15H18N2O4S2. The minimum atomic E-state index is -3.03. The Bertz CT molecular complexity index is 760. The van der Waals surface area contributed by atoms with E-state index < -0.39 is 9.84 Å². The highest BCUT2D eigenvalue weighted by atomic mass is 32.2. The summed E-state index contributed by atoms with van der Waals surface area (Å²) in [5, 5.41) is 0.543. The molecule has 8 heteroatoms. The highest BCUT2D eigenvalue weighted by Crippen LogP contribution is 2.39. The molecule has 6 nitrogen and oxygen atoms in total. The molecule has 2 fully saturated rings. The van der Waals surface area contributed by atoms with Crippen molar-refractivity contribution in [2.24, 2.45) is 4.99 Å². The third-order valence-corrected chi connectivity index (χ3v) is 7.21. The lowest BCUT2D eigenvalue weighted by atomic mass is 10.1. The van der Waals surface area contributed by atoms with Gasteiger partial charge >= 0.3 is 0 Å². The number of benzene rings is 1. The fourth-order valence-corrected chi connectivity index (χ4v) is 6.97. The summed E-state index contributed by atoms with van der Waals surface area (Å²) in [4.78, 5) is 17.4. The lowest BCUT2D eigenvalue weighted by Crippen LogP contribution is -2.37. The first-order valence-corrected chi connectivity index (χ1v) is 9.94. The predicted molar refractivity (Wildman–Crippen MR) is 90.5 cm³/mol. The molecule has 2 atom stereocenters. The Hall–Kier alpha value is -1.54. The van der Waals surface area contributed by atoms with Gasteiger partial charge in [-0.15, -0.1) is 0 Å². The van der Waals surface area contributed by atoms with Crippen molar-refractivity contribution in [3.05, 3.63) is 29.8 Å². The minimum Gasteiger partial charge on any atom is -0.496 e. The number of nitrogens with zero attached hydrogens (tertiary/aromatic N) is 2. The molecule has 0 radical (unpaired) electrons. The van der Waals surface area contributed by atoms with Crippen LogP contribution in [0.15, 0.2) is 29.3 Å². The van der Waals surface area contributed by atoms with Gasteiger partial charge in [0.15, 0.2) is 15.0 Å². The van der Waals surface area contributed by atoms with Crippen molar-refractivity contribution < 1.29 is 17.9 Å². The molecule has 124 valence electrons. The van der Waals surface area contributed by atoms with Crippen LogP contribution in [-0.2, 0) is 21.2 Å². The van der Waals surface area contributed by atoms with E-state index in [1.54, 1.807) is 7.11 Å². The first kappa shape index (κ1) is 16.3. The lowest BCUT2D eigenvalue weighted by molar-refractivity contribution is -0.115. The van der Waals surface area contributed by atoms with Gasteiger partial charge in [0.05, 0.1) is 24.7 Å². The second-order valence-corrected chi connectivity index (χ2v) is 9.01. The molecule has 23 heavy (non-hydrogen) atoms. The van der Waals surface area contributed by atoms with Gasteiger partial charge in [-0.2, -0.15) is 4.99 Å². The maximum absolute atomic E-state index is 11.9. The number of ether oxygens (including phenoxy) is 1. The molecule has 1 aromatic carbocycles. The summed E-state index contributed by atoms with van der Waals surface area (Å²) in [6.07, 6.45) is 0. The quantitative estimate of drug-likeness (QED) is 0.815. The van der Waals surface area contributed by atoms with Gasteiger partial charge < -0.3 is 9.64 Å². The molecule has 0 saturated carbocycles. The number of carbonyl (C=O) groups excluding carboxylic acids is 1. The zero-order chi connectivity index (χ0) is 16.6. The average molecular weight is 354 g/mol. The number of thioether (sulfide) groups is 1. The number of fused-ring (bicyclic) bond motifs is 1. The smallest absolute Gasteiger partial charge is 0.244 e. The van der Waals surface area contributed by atoms with Crippen LogP contribution >= 0.6 is 11.8 Å². The molecule has 2 aliphatic rings. The highest BCUT2D eigenvalue weighted by molar-refractivity contribution is 8.15. The van der Waals surface area contributed by atoms with E-state index in [1.807, 2.05) is 29.2 Å². The predicted octanol–water partition coefficient (Wildman–Crippen LogP) is 1.31. The lowest BCUT2D eigenvalue weighted by Gasteiger charge is -2.25. The summed E-state index contributed by atoms with van der Waals surface area (Å²) in [5.41, 5.74) is 0.941. The Labute approximate surface area is 139 Å². The third kappa shape index (κ3) is 3.37. The minimum absolute atomic E-state index is 0.0622. The Morgan fingerprint density at radius 3 is 2.83 bits per heavy atom. The maximum Gasteiger partial charge on any atom is 0.244 e. The molecule has 0 aliphatic carbocycles. The molecule has 2 saturated heterocycles. The van der Waals surface area contributed by atoms with E-state index in [9.17, 15) is 13.2 Å². The Morgan fingerprint density at radius 2 is 2.13 bits per heavy atom. The summed E-state index contributed by atoms with van der Waals surface area (Å²) in [5.74, 6) is 0.711. The topological polar surface area (TPSA) is 76.0 Å². The van der Waals surface area contributed by atoms with Crippen molar-refractivity contribution in [2.45, 2.75) is 24.8 Å². The first-order chi connectivity index (χ1) is 10.9. The number of hydrogen-bond acceptors (Lipinski definition) is 5. The van der Waals surface area contributed by atoms with Crippen LogP contribution in [0.1, 0.15) is 12.5 Å². The van der Waals surface area contributed by atoms with Gasteiger partial charge in [0.2, 0.25) is 5.91 Å². The summed E-state index contributed by atoms with van der Waals surface area (Å²) in [7, 11) is -1.43. The Balaban J connectivity index is 1.93. The fraction of sp³-hybridized carbons (Fsp3) is 0.467. The van der Waals surface area contributed by atoms with Crippen LogP contribution in [0.3, 0.4) is 0 Å². The number of sulfone groups is 1. The molecule has 1 aromatic rings. The van der Waals surface area contributed by atoms with E-state index in [1.165, 1.54) is 18.7 Å². The van der Waals surface area contributed by atoms with Crippen LogP contribution in [0.25, 0.3) is 0 Å². The molecule has 2 heterocycles. The molecule has 0 bridgehead atoms. The van der Waals surface area contributed by atoms with Gasteiger partial charge in [0.1, 0.15) is 5.75 Å². The van der Waals surface area contributed by atoms with Gasteiger partial charge in [0, 0.05) is 24.3 Å². The Kier molecular flexibility index (Phi) is 4.37. The molecule has 0 spiro atoms. The number of hydrogen-bond donors (Lipinski definition) is 0. The van der Waals surface area contributed by atoms with E-state index in [0.29, 0.717) is 11.7 Å². The van der Waals surface area contributed by atoms with Crippen LogP contribution in [-0.4, -0.2) is 54.3 Å². The van der Waals surface area contributed by atoms with Crippen LogP contribution in [0.5, 0.6) is 5.75 Å². The van der Waals surface area contributed by atoms with Crippen LogP contribution in [0.4, 0.5) is 0 Å². The van der Waals surface area contributed by atoms with E-state index in [4.69, 9.17) is 4.74 Å². The summed E-state index contributed by atoms with van der Waals surface area (Å²) in [6.45, 7) is 1.87. The second-order valence-electron chi connectivity index (χ2n) is 5.65. The number of methoxy groups -OCH3 is 1. The van der Waals surface area contributed by atoms with Crippen molar-refractivity contribution in [1.29, 1.82) is 0 Å². The van der Waals surface area contributed by atoms with Crippen LogP contribution in [0.2, 0.25) is 0 Å². The number of aliphatic imine (C=N–C) groups is 1. The number of rotatable bonds is 3. The van der Waals surface area contributed by atoms with E-state index in [2.05, 4.69) is 4.99 Å². The summed E-state index contributed by atoms with van der Waals surface area (Å²) in [6, 6.07) is 7.45. The van der Waals surface area contributed by atoms with Crippen molar-refractivity contribution in [2.75, 3.05) is 18.6 Å². The van der Waals surface area contributed by atoms with Gasteiger partial charge in [-0.1, -0.05) is 30.0 Å². The van der Waals surface area contributed by atoms with Crippen LogP contribution in [0, 0.1) is 0 Å². The van der Waals surface area contributed by atoms with Gasteiger partial charge in [-0.3, -0.25) is 4.79 Å². The molecule has 0 unspecified atom stereocenters. The Morgan fingerprint density at radius 1 is 1.39 bits per heavy atom. The van der Waals surface area contributed by atoms with Crippen LogP contribution < -0.4 is 4.74 Å². The monoisotopic (exact) mass is 354 g/mol. The number of para-hydroxylation sites is 1. The third-order valence-electron chi connectivity index (χ3n) is 3.96. The van der Waals surface area contributed by atoms with Crippen molar-refractivity contribution in [3.63, 3.8) is 0 Å². The molecule has 3 rings (SSSR count). The van der Waals surface area contributed by atoms with Crippen molar-refractivity contribution in [3.8, 4) is 5.75 Å². The van der Waals surface area contributed by atoms with Gasteiger partial charge in [-0.25, -0.2) is 8.42 Å². The molecule has 0 aromatic heterocycles. The second kappa shape index (κ2) is 6.16. The van der Waals surface area contributed by atoms with E-state index in [-0.39, 0.29) is 28.7 Å². The molecular weight excluding hydrogens is 336 g/mol. The number of amides is 1. The maximum atomic E-state index is 11.9. The van der Waals surface area contributed by atoms with E-state index >= 15 is 0 Å². The van der Waals surface area contributed by atoms with Gasteiger partial charge in [0.25, 0.3) is 0 Å². The van der Waals surface area contributed by atoms with Crippen molar-refractivity contribution in [1.82, 2.24) is 4.90 Å². The van der Waals surface area contributed by atoms with Crippen molar-refractivity contribution >= 4 is 32.7 Å². The molecule has 0 N–H and O–H groups in total. The zero-order valence-electron chi connectivity index (χ0n) is 12.9. The summed E-state index contributed by atoms with van der Waals surface area (Å²) >= 11 is 1.39. The summed E-state index contributed by atoms with van der Waals surface area (Å²) < 4.78 is 29.2. The largest absolute Gasteiger partial charge is 0.496 e. The number of amidine groups is 1. The van der Waals surface area contributed by atoms with E-state index in [0.717, 1.165) is 11.3 Å². The zero-order valence-corrected chi connectivity index (χ0v) is 14.6. The molecule has 2 aliphatic heterocycles. The fourth-order valence-electron chi connectivity index (χ4n) is 2.97. The molecule has 1 amide bonds. The van der Waals surface area contributed by atoms with Gasteiger partial charge in [-0.05, 0) is 6.07 Å². The first-order valence-electron chi connectivity index (χ1n) is 7.24. The SMILES string of the molecule is COc1ccccc1CN1C(=NC(C)=O)S[C@H]2CS(=O)(=O)C[C@H]21. The normalized spacial score (nSPS) is 27.2. The highest BCUT2D eigenvalue weighted by Gasteiger charge is 2.48. The standard InChI is InChI=1S/C15H18N2O4S2/c1-10(18)16-15-17(7-11-5-3-4-6-13(11)21-2)12-8-23(19,20)9-14(12)22-15/h3-6,12,14H,7-9H2,1-2H3/t12-,14+/m1/s1. The number of carbonyl (C=O) groups is 1. The average Bonchev–Trinajstić information content (AvgIpc) is 2.92.